The van der Waals surface area contributed by atoms with Crippen LogP contribution in [0.15, 0.2) is 41.3 Å². The summed E-state index contributed by atoms with van der Waals surface area (Å²) in [5.41, 5.74) is 0.0257. The predicted octanol–water partition coefficient (Wildman–Crippen LogP) is 2.31. The van der Waals surface area contributed by atoms with Crippen LogP contribution in [0.3, 0.4) is 0 Å². The van der Waals surface area contributed by atoms with Crippen molar-refractivity contribution >= 4 is 33.6 Å². The van der Waals surface area contributed by atoms with Crippen molar-refractivity contribution in [2.24, 2.45) is 0 Å². The van der Waals surface area contributed by atoms with Crippen LogP contribution in [0.1, 0.15) is 43.9 Å². The average molecular weight is 477 g/mol. The van der Waals surface area contributed by atoms with E-state index in [9.17, 15) is 22.8 Å². The van der Waals surface area contributed by atoms with Crippen molar-refractivity contribution in [2.75, 3.05) is 39.7 Å². The second kappa shape index (κ2) is 10.0. The minimum Gasteiger partial charge on any atom is -0.496 e. The normalized spacial score (nSPS) is 13.9. The van der Waals surface area contributed by atoms with Crippen molar-refractivity contribution in [2.45, 2.75) is 17.7 Å². The lowest BCUT2D eigenvalue weighted by molar-refractivity contribution is 0.0587. The Morgan fingerprint density at radius 1 is 0.879 bits per heavy atom. The van der Waals surface area contributed by atoms with Crippen LogP contribution >= 0.6 is 0 Å². The van der Waals surface area contributed by atoms with Gasteiger partial charge in [-0.15, -0.1) is 0 Å². The number of hydrogen-bond donors (Lipinski definition) is 1. The molecule has 10 nitrogen and oxygen atoms in total. The summed E-state index contributed by atoms with van der Waals surface area (Å²) in [6.07, 6.45) is 1.55. The molecule has 1 heterocycles. The van der Waals surface area contributed by atoms with E-state index < -0.39 is 27.9 Å². The summed E-state index contributed by atoms with van der Waals surface area (Å²) in [4.78, 5) is 37.2. The molecule has 33 heavy (non-hydrogen) atoms. The first kappa shape index (κ1) is 24.2. The van der Waals surface area contributed by atoms with E-state index in [4.69, 9.17) is 9.47 Å². The quantitative estimate of drug-likeness (QED) is 0.603. The lowest BCUT2D eigenvalue weighted by Crippen LogP contribution is -2.28. The molecule has 11 heteroatoms. The van der Waals surface area contributed by atoms with Crippen LogP contribution in [-0.4, -0.2) is 65.0 Å². The Kier molecular flexibility index (Phi) is 7.34. The molecule has 0 radical (unpaired) electrons. The predicted molar refractivity (Wildman–Crippen MR) is 118 cm³/mol. The van der Waals surface area contributed by atoms with E-state index in [2.05, 4.69) is 10.1 Å². The second-order valence-corrected chi connectivity index (χ2v) is 9.11. The van der Waals surface area contributed by atoms with Gasteiger partial charge in [0.1, 0.15) is 5.75 Å². The van der Waals surface area contributed by atoms with Gasteiger partial charge in [-0.1, -0.05) is 0 Å². The largest absolute Gasteiger partial charge is 0.496 e. The summed E-state index contributed by atoms with van der Waals surface area (Å²) < 4.78 is 41.9. The third kappa shape index (κ3) is 4.99. The standard InChI is InChI=1S/C22H24N2O8S/c1-30-19-9-7-15(33(28,29)24-10-4-5-11-24)13-17(19)20(25)23-18-12-14(21(26)31-2)6-8-16(18)22(27)32-3/h6-9,12-13H,4-5,10-11H2,1-3H3,(H,23,25). The molecule has 0 spiro atoms. The molecule has 1 aliphatic rings. The van der Waals surface area contributed by atoms with Crippen molar-refractivity contribution < 1.29 is 37.0 Å². The lowest BCUT2D eigenvalue weighted by atomic mass is 10.1. The number of carbonyl (C=O) groups is 3. The van der Waals surface area contributed by atoms with Crippen molar-refractivity contribution in [1.82, 2.24) is 4.31 Å². The Hall–Kier alpha value is -3.44. The molecule has 0 saturated carbocycles. The first-order chi connectivity index (χ1) is 15.7. The highest BCUT2D eigenvalue weighted by Gasteiger charge is 2.29. The molecule has 2 aromatic rings. The second-order valence-electron chi connectivity index (χ2n) is 7.17. The number of esters is 2. The molecule has 0 atom stereocenters. The van der Waals surface area contributed by atoms with E-state index in [0.29, 0.717) is 13.1 Å². The average Bonchev–Trinajstić information content (AvgIpc) is 3.38. The van der Waals surface area contributed by atoms with Crippen LogP contribution in [0, 0.1) is 0 Å². The van der Waals surface area contributed by atoms with E-state index >= 15 is 0 Å². The van der Waals surface area contributed by atoms with E-state index in [0.717, 1.165) is 12.8 Å². The highest BCUT2D eigenvalue weighted by atomic mass is 32.2. The lowest BCUT2D eigenvalue weighted by Gasteiger charge is -2.17. The van der Waals surface area contributed by atoms with Gasteiger partial charge in [0.25, 0.3) is 5.91 Å². The van der Waals surface area contributed by atoms with Crippen molar-refractivity contribution in [3.63, 3.8) is 0 Å². The van der Waals surface area contributed by atoms with Crippen LogP contribution in [0.4, 0.5) is 5.69 Å². The number of nitrogens with one attached hydrogen (secondary N) is 1. The van der Waals surface area contributed by atoms with E-state index in [1.807, 2.05) is 0 Å². The Labute approximate surface area is 191 Å². The van der Waals surface area contributed by atoms with Gasteiger partial charge in [0, 0.05) is 13.1 Å². The molecule has 0 bridgehead atoms. The monoisotopic (exact) mass is 476 g/mol. The number of hydrogen-bond acceptors (Lipinski definition) is 8. The number of sulfonamides is 1. The molecule has 3 rings (SSSR count). The number of anilines is 1. The molecule has 0 aliphatic carbocycles. The van der Waals surface area contributed by atoms with Gasteiger partial charge in [0.2, 0.25) is 10.0 Å². The molecule has 1 N–H and O–H groups in total. The van der Waals surface area contributed by atoms with Crippen LogP contribution < -0.4 is 10.1 Å². The molecule has 0 unspecified atom stereocenters. The first-order valence-corrected chi connectivity index (χ1v) is 11.5. The number of carbonyl (C=O) groups excluding carboxylic acids is 3. The van der Waals surface area contributed by atoms with Crippen molar-refractivity contribution in [3.8, 4) is 5.75 Å². The third-order valence-electron chi connectivity index (χ3n) is 5.21. The van der Waals surface area contributed by atoms with E-state index in [1.54, 1.807) is 0 Å². The molecule has 1 fully saturated rings. The molecule has 1 amide bonds. The highest BCUT2D eigenvalue weighted by Crippen LogP contribution is 2.28. The van der Waals surface area contributed by atoms with Gasteiger partial charge >= 0.3 is 11.9 Å². The summed E-state index contributed by atoms with van der Waals surface area (Å²) in [7, 11) is -0.0524. The maximum absolute atomic E-state index is 13.1. The minimum absolute atomic E-state index is 0.00156. The van der Waals surface area contributed by atoms with Crippen LogP contribution in [-0.2, 0) is 19.5 Å². The summed E-state index contributed by atoms with van der Waals surface area (Å²) >= 11 is 0. The van der Waals surface area contributed by atoms with Gasteiger partial charge in [-0.2, -0.15) is 4.31 Å². The summed E-state index contributed by atoms with van der Waals surface area (Å²) in [5.74, 6) is -2.01. The topological polar surface area (TPSA) is 128 Å². The Bertz CT molecular complexity index is 1190. The third-order valence-corrected chi connectivity index (χ3v) is 7.11. The fourth-order valence-electron chi connectivity index (χ4n) is 3.47. The van der Waals surface area contributed by atoms with Crippen molar-refractivity contribution in [1.29, 1.82) is 0 Å². The zero-order valence-corrected chi connectivity index (χ0v) is 19.2. The summed E-state index contributed by atoms with van der Waals surface area (Å²) in [6.45, 7) is 0.831. The van der Waals surface area contributed by atoms with Gasteiger partial charge in [0.05, 0.1) is 48.6 Å². The van der Waals surface area contributed by atoms with Gasteiger partial charge in [-0.25, -0.2) is 18.0 Å². The van der Waals surface area contributed by atoms with Gasteiger partial charge in [-0.3, -0.25) is 4.79 Å². The molecule has 176 valence electrons. The van der Waals surface area contributed by atoms with Crippen LogP contribution in [0.5, 0.6) is 5.75 Å². The Balaban J connectivity index is 2.01. The van der Waals surface area contributed by atoms with Gasteiger partial charge < -0.3 is 19.5 Å². The number of ether oxygens (including phenoxy) is 3. The summed E-state index contributed by atoms with van der Waals surface area (Å²) in [5, 5.41) is 2.55. The zero-order chi connectivity index (χ0) is 24.2. The fourth-order valence-corrected chi connectivity index (χ4v) is 5.02. The van der Waals surface area contributed by atoms with Crippen LogP contribution in [0.2, 0.25) is 0 Å². The maximum atomic E-state index is 13.1. The number of methoxy groups -OCH3 is 3. The smallest absolute Gasteiger partial charge is 0.339 e. The minimum atomic E-state index is -3.78. The molecule has 1 aliphatic heterocycles. The van der Waals surface area contributed by atoms with Gasteiger partial charge in [0.15, 0.2) is 0 Å². The number of nitrogens with zero attached hydrogens (tertiary/aromatic N) is 1. The number of benzene rings is 2. The number of rotatable bonds is 7. The van der Waals surface area contributed by atoms with E-state index in [1.165, 1.54) is 62.0 Å². The molecule has 1 saturated heterocycles. The zero-order valence-electron chi connectivity index (χ0n) is 18.4. The first-order valence-electron chi connectivity index (χ1n) is 10.0. The molecule has 0 aromatic heterocycles. The van der Waals surface area contributed by atoms with Crippen molar-refractivity contribution in [3.05, 3.63) is 53.1 Å². The Morgan fingerprint density at radius 3 is 2.15 bits per heavy atom. The molecular weight excluding hydrogens is 452 g/mol. The van der Waals surface area contributed by atoms with E-state index in [-0.39, 0.29) is 33.0 Å². The SMILES string of the molecule is COC(=O)c1ccc(C(=O)OC)c(NC(=O)c2cc(S(=O)(=O)N3CCCC3)ccc2OC)c1. The molecular formula is C22H24N2O8S. The van der Waals surface area contributed by atoms with Crippen LogP contribution in [0.25, 0.3) is 0 Å². The Morgan fingerprint density at radius 2 is 1.55 bits per heavy atom. The molecule has 2 aromatic carbocycles. The maximum Gasteiger partial charge on any atom is 0.339 e. The highest BCUT2D eigenvalue weighted by molar-refractivity contribution is 7.89. The van der Waals surface area contributed by atoms with Gasteiger partial charge in [-0.05, 0) is 49.2 Å². The fraction of sp³-hybridized carbons (Fsp3) is 0.318. The summed E-state index contributed by atoms with van der Waals surface area (Å²) in [6, 6.07) is 7.94. The number of amides is 1.